The van der Waals surface area contributed by atoms with Crippen molar-refractivity contribution >= 4 is 11.9 Å². The third-order valence-corrected chi connectivity index (χ3v) is 3.07. The van der Waals surface area contributed by atoms with Crippen LogP contribution in [-0.2, 0) is 19.1 Å². The fourth-order valence-electron chi connectivity index (χ4n) is 1.83. The Hall–Kier alpha value is -1.36. The van der Waals surface area contributed by atoms with E-state index in [4.69, 9.17) is 15.2 Å². The minimum absolute atomic E-state index is 0.129. The maximum absolute atomic E-state index is 11.4. The topological polar surface area (TPSA) is 78.6 Å². The first-order chi connectivity index (χ1) is 9.40. The average Bonchev–Trinajstić information content (AvgIpc) is 2.39. The molecule has 5 nitrogen and oxygen atoms in total. The van der Waals surface area contributed by atoms with Gasteiger partial charge in [-0.15, -0.1) is 0 Å². The predicted octanol–water partition coefficient (Wildman–Crippen LogP) is 2.05. The van der Waals surface area contributed by atoms with Crippen LogP contribution >= 0.6 is 0 Å². The molecule has 20 heavy (non-hydrogen) atoms. The molecule has 0 radical (unpaired) electrons. The summed E-state index contributed by atoms with van der Waals surface area (Å²) in [6.07, 6.45) is 3.26. The Morgan fingerprint density at radius 1 is 1.25 bits per heavy atom. The van der Waals surface area contributed by atoms with E-state index in [0.717, 1.165) is 18.9 Å². The number of hydrogen-bond acceptors (Lipinski definition) is 5. The summed E-state index contributed by atoms with van der Waals surface area (Å²) in [5.41, 5.74) is 5.54. The maximum Gasteiger partial charge on any atom is 0.330 e. The highest BCUT2D eigenvalue weighted by Gasteiger charge is 2.20. The summed E-state index contributed by atoms with van der Waals surface area (Å²) in [6.45, 7) is 9.82. The molecular weight excluding hydrogens is 258 g/mol. The van der Waals surface area contributed by atoms with Crippen molar-refractivity contribution in [2.45, 2.75) is 46.1 Å². The van der Waals surface area contributed by atoms with Crippen LogP contribution in [0.15, 0.2) is 12.7 Å². The lowest BCUT2D eigenvalue weighted by Gasteiger charge is -2.23. The van der Waals surface area contributed by atoms with Crippen LogP contribution in [0.1, 0.15) is 40.0 Å². The Morgan fingerprint density at radius 2 is 1.90 bits per heavy atom. The third-order valence-electron chi connectivity index (χ3n) is 3.07. The van der Waals surface area contributed by atoms with Gasteiger partial charge in [0.25, 0.3) is 0 Å². The molecule has 5 heteroatoms. The van der Waals surface area contributed by atoms with E-state index in [1.54, 1.807) is 6.92 Å². The predicted molar refractivity (Wildman–Crippen MR) is 77.9 cm³/mol. The molecule has 2 N–H and O–H groups in total. The summed E-state index contributed by atoms with van der Waals surface area (Å²) in [7, 11) is 0. The lowest BCUT2D eigenvalue weighted by Crippen LogP contribution is -2.26. The summed E-state index contributed by atoms with van der Waals surface area (Å²) in [5.74, 6) is -0.408. The molecule has 0 amide bonds. The molecule has 0 aromatic carbocycles. The van der Waals surface area contributed by atoms with E-state index in [1.807, 2.05) is 6.92 Å². The van der Waals surface area contributed by atoms with Crippen LogP contribution in [0.5, 0.6) is 0 Å². The van der Waals surface area contributed by atoms with Crippen molar-refractivity contribution in [3.63, 3.8) is 0 Å². The molecular formula is C15H27NO4. The van der Waals surface area contributed by atoms with Crippen molar-refractivity contribution in [3.8, 4) is 0 Å². The van der Waals surface area contributed by atoms with Gasteiger partial charge in [0.2, 0.25) is 0 Å². The number of esters is 2. The van der Waals surface area contributed by atoms with E-state index in [1.165, 1.54) is 0 Å². The van der Waals surface area contributed by atoms with E-state index in [2.05, 4.69) is 13.5 Å². The molecule has 3 atom stereocenters. The van der Waals surface area contributed by atoms with Crippen LogP contribution in [0.4, 0.5) is 0 Å². The van der Waals surface area contributed by atoms with Crippen LogP contribution in [-0.4, -0.2) is 31.2 Å². The second-order valence-electron chi connectivity index (χ2n) is 5.22. The van der Waals surface area contributed by atoms with Gasteiger partial charge in [-0.1, -0.05) is 26.8 Å². The molecule has 116 valence electrons. The molecule has 0 saturated heterocycles. The maximum atomic E-state index is 11.4. The summed E-state index contributed by atoms with van der Waals surface area (Å²) >= 11 is 0. The summed E-state index contributed by atoms with van der Waals surface area (Å²) < 4.78 is 10.3. The van der Waals surface area contributed by atoms with Gasteiger partial charge in [-0.3, -0.25) is 4.79 Å². The van der Waals surface area contributed by atoms with Crippen LogP contribution in [0.25, 0.3) is 0 Å². The molecule has 0 aromatic rings. The number of carbonyl (C=O) groups is 2. The largest absolute Gasteiger partial charge is 0.465 e. The monoisotopic (exact) mass is 285 g/mol. The smallest absolute Gasteiger partial charge is 0.330 e. The van der Waals surface area contributed by atoms with Gasteiger partial charge in [0.15, 0.2) is 0 Å². The fourth-order valence-corrected chi connectivity index (χ4v) is 1.83. The molecule has 0 rings (SSSR count). The van der Waals surface area contributed by atoms with E-state index >= 15 is 0 Å². The van der Waals surface area contributed by atoms with E-state index in [-0.39, 0.29) is 30.3 Å². The van der Waals surface area contributed by atoms with E-state index in [9.17, 15) is 9.59 Å². The van der Waals surface area contributed by atoms with Gasteiger partial charge >= 0.3 is 11.9 Å². The van der Waals surface area contributed by atoms with Gasteiger partial charge in [-0.05, 0) is 25.2 Å². The first kappa shape index (κ1) is 18.6. The van der Waals surface area contributed by atoms with Crippen LogP contribution in [0.2, 0.25) is 0 Å². The van der Waals surface area contributed by atoms with Crippen molar-refractivity contribution in [2.75, 3.05) is 13.2 Å². The third kappa shape index (κ3) is 8.69. The lowest BCUT2D eigenvalue weighted by atomic mass is 9.91. The van der Waals surface area contributed by atoms with E-state index < -0.39 is 5.97 Å². The number of rotatable bonds is 10. The molecule has 3 unspecified atom stereocenters. The van der Waals surface area contributed by atoms with Gasteiger partial charge in [-0.2, -0.15) is 0 Å². The Bertz CT molecular complexity index is 315. The Balaban J connectivity index is 4.20. The number of ether oxygens (including phenoxy) is 2. The first-order valence-corrected chi connectivity index (χ1v) is 7.11. The van der Waals surface area contributed by atoms with Crippen molar-refractivity contribution in [3.05, 3.63) is 12.7 Å². The molecule has 0 spiro atoms. The summed E-state index contributed by atoms with van der Waals surface area (Å²) in [5, 5.41) is 0. The Kier molecular flexibility index (Phi) is 9.72. The molecule has 0 aliphatic heterocycles. The molecule has 0 bridgehead atoms. The van der Waals surface area contributed by atoms with E-state index in [0.29, 0.717) is 13.2 Å². The zero-order valence-electron chi connectivity index (χ0n) is 12.8. The minimum Gasteiger partial charge on any atom is -0.465 e. The van der Waals surface area contributed by atoms with Gasteiger partial charge in [-0.25, -0.2) is 4.79 Å². The highest BCUT2D eigenvalue weighted by molar-refractivity contribution is 5.81. The van der Waals surface area contributed by atoms with Gasteiger partial charge < -0.3 is 15.2 Å². The summed E-state index contributed by atoms with van der Waals surface area (Å²) in [4.78, 5) is 22.5. The zero-order valence-corrected chi connectivity index (χ0v) is 12.8. The van der Waals surface area contributed by atoms with Crippen molar-refractivity contribution < 1.29 is 19.1 Å². The number of carbonyl (C=O) groups excluding carboxylic acids is 2. The van der Waals surface area contributed by atoms with Gasteiger partial charge in [0.1, 0.15) is 0 Å². The highest BCUT2D eigenvalue weighted by Crippen LogP contribution is 2.19. The van der Waals surface area contributed by atoms with Crippen LogP contribution in [0.3, 0.4) is 0 Å². The number of hydrogen-bond donors (Lipinski definition) is 1. The van der Waals surface area contributed by atoms with Crippen molar-refractivity contribution in [1.29, 1.82) is 0 Å². The summed E-state index contributed by atoms with van der Waals surface area (Å²) in [6, 6.07) is -0.196. The molecule has 0 saturated carbocycles. The Morgan fingerprint density at radius 3 is 2.40 bits per heavy atom. The SMILES string of the molecule is C=CC(=O)OCC(CCC)C(C)COC(=O)CC(C)N. The number of nitrogens with two attached hydrogens (primary N) is 1. The molecule has 0 fully saturated rings. The Labute approximate surface area is 121 Å². The van der Waals surface area contributed by atoms with Crippen molar-refractivity contribution in [2.24, 2.45) is 17.6 Å². The molecule has 0 aliphatic rings. The fraction of sp³-hybridized carbons (Fsp3) is 0.733. The minimum atomic E-state index is -0.424. The molecule has 0 aromatic heterocycles. The lowest BCUT2D eigenvalue weighted by molar-refractivity contribution is -0.147. The van der Waals surface area contributed by atoms with Crippen LogP contribution in [0, 0.1) is 11.8 Å². The quantitative estimate of drug-likeness (QED) is 0.491. The highest BCUT2D eigenvalue weighted by atomic mass is 16.5. The zero-order chi connectivity index (χ0) is 15.5. The van der Waals surface area contributed by atoms with Gasteiger partial charge in [0, 0.05) is 12.1 Å². The molecule has 0 aliphatic carbocycles. The van der Waals surface area contributed by atoms with Crippen LogP contribution < -0.4 is 5.73 Å². The normalized spacial score (nSPS) is 15.0. The standard InChI is InChI=1S/C15H27NO4/c1-5-7-13(10-20-14(17)6-2)11(3)9-19-15(18)8-12(4)16/h6,11-13H,2,5,7-10,16H2,1,3-4H3. The second kappa shape index (κ2) is 10.4. The van der Waals surface area contributed by atoms with Crippen molar-refractivity contribution in [1.82, 2.24) is 0 Å². The average molecular weight is 285 g/mol. The second-order valence-corrected chi connectivity index (χ2v) is 5.22. The van der Waals surface area contributed by atoms with Gasteiger partial charge in [0.05, 0.1) is 19.6 Å². The molecule has 0 heterocycles. The first-order valence-electron chi connectivity index (χ1n) is 7.11.